The number of aryl methyl sites for hydroxylation is 1. The summed E-state index contributed by atoms with van der Waals surface area (Å²) in [5, 5.41) is 20.7. The van der Waals surface area contributed by atoms with Crippen LogP contribution in [0.4, 0.5) is 19.3 Å². The van der Waals surface area contributed by atoms with Crippen molar-refractivity contribution in [3.63, 3.8) is 0 Å². The summed E-state index contributed by atoms with van der Waals surface area (Å²) in [4.78, 5) is 15.3. The molecule has 2 rings (SSSR count). The number of hydrogen-bond acceptors (Lipinski definition) is 5. The lowest BCUT2D eigenvalue weighted by atomic mass is 10.4. The maximum atomic E-state index is 12.7. The fraction of sp³-hybridized carbons (Fsp3) is 0.364. The van der Waals surface area contributed by atoms with E-state index in [4.69, 9.17) is 5.26 Å². The van der Waals surface area contributed by atoms with Crippen molar-refractivity contribution < 1.29 is 13.6 Å². The molecule has 2 aromatic rings. The van der Waals surface area contributed by atoms with Crippen LogP contribution >= 0.6 is 0 Å². The highest BCUT2D eigenvalue weighted by Crippen LogP contribution is 2.24. The minimum Gasteiger partial charge on any atom is -0.336 e. The number of carbonyl (C=O) groups is 1. The summed E-state index contributed by atoms with van der Waals surface area (Å²) in [7, 11) is 1.48. The van der Waals surface area contributed by atoms with Crippen LogP contribution in [-0.2, 0) is 13.6 Å². The van der Waals surface area contributed by atoms with Crippen LogP contribution in [0.15, 0.2) is 12.5 Å². The summed E-state index contributed by atoms with van der Waals surface area (Å²) in [6, 6.07) is 1.13. The zero-order valence-electron chi connectivity index (χ0n) is 11.5. The third-order valence-corrected chi connectivity index (χ3v) is 2.58. The smallest absolute Gasteiger partial charge is 0.319 e. The molecule has 2 N–H and O–H groups in total. The largest absolute Gasteiger partial charge is 0.336 e. The highest BCUT2D eigenvalue weighted by atomic mass is 19.3. The van der Waals surface area contributed by atoms with Crippen LogP contribution in [0.3, 0.4) is 0 Å². The Balaban J connectivity index is 1.84. The van der Waals surface area contributed by atoms with E-state index in [1.807, 2.05) is 0 Å². The molecule has 0 saturated heterocycles. The zero-order valence-corrected chi connectivity index (χ0v) is 11.5. The lowest BCUT2D eigenvalue weighted by molar-refractivity contribution is 0.146. The molecule has 0 aliphatic rings. The summed E-state index contributed by atoms with van der Waals surface area (Å²) < 4.78 is 28.0. The predicted octanol–water partition coefficient (Wildman–Crippen LogP) is 0.643. The van der Waals surface area contributed by atoms with Crippen LogP contribution in [-0.4, -0.2) is 37.1 Å². The molecule has 2 amide bonds. The van der Waals surface area contributed by atoms with Crippen molar-refractivity contribution >= 4 is 11.7 Å². The Bertz CT molecular complexity index is 701. The van der Waals surface area contributed by atoms with Gasteiger partial charge in [0.05, 0.1) is 12.2 Å². The first-order valence-corrected chi connectivity index (χ1v) is 6.15. The van der Waals surface area contributed by atoms with Crippen LogP contribution in [0.25, 0.3) is 0 Å². The van der Waals surface area contributed by atoms with E-state index in [1.165, 1.54) is 28.9 Å². The van der Waals surface area contributed by atoms with Gasteiger partial charge in [-0.2, -0.15) is 10.4 Å². The summed E-state index contributed by atoms with van der Waals surface area (Å²) in [6.07, 6.45) is -0.137. The van der Waals surface area contributed by atoms with Gasteiger partial charge >= 0.3 is 6.03 Å². The van der Waals surface area contributed by atoms with E-state index < -0.39 is 18.2 Å². The van der Waals surface area contributed by atoms with Crippen LogP contribution < -0.4 is 10.6 Å². The second-order valence-corrected chi connectivity index (χ2v) is 4.23. The van der Waals surface area contributed by atoms with Crippen LogP contribution in [0.5, 0.6) is 0 Å². The van der Waals surface area contributed by atoms with E-state index >= 15 is 0 Å². The molecule has 0 spiro atoms. The number of amides is 2. The Labute approximate surface area is 123 Å². The molecule has 2 aromatic heterocycles. The SMILES string of the molecule is Cn1cc(NC(=O)NCCn2cnc(C#N)n2)c(C(F)F)n1. The number of hydrogen-bond donors (Lipinski definition) is 2. The molecule has 0 radical (unpaired) electrons. The Morgan fingerprint density at radius 1 is 1.50 bits per heavy atom. The Morgan fingerprint density at radius 3 is 2.91 bits per heavy atom. The second-order valence-electron chi connectivity index (χ2n) is 4.23. The normalized spacial score (nSPS) is 10.5. The van der Waals surface area contributed by atoms with Crippen LogP contribution in [0.1, 0.15) is 17.9 Å². The standard InChI is InChI=1S/C11H12F2N8O/c1-20-5-7(9(19-20)10(12)13)17-11(22)15-2-3-21-6-16-8(4-14)18-21/h5-6,10H,2-3H2,1H3,(H2,15,17,22). The molecule has 22 heavy (non-hydrogen) atoms. The minimum atomic E-state index is -2.78. The molecular formula is C11H12F2N8O. The van der Waals surface area contributed by atoms with Gasteiger partial charge in [0.15, 0.2) is 5.69 Å². The molecule has 0 bridgehead atoms. The average Bonchev–Trinajstić information content (AvgIpc) is 3.05. The number of anilines is 1. The Hall–Kier alpha value is -3.03. The van der Waals surface area contributed by atoms with Gasteiger partial charge in [0.25, 0.3) is 12.2 Å². The topological polar surface area (TPSA) is 113 Å². The fourth-order valence-electron chi connectivity index (χ4n) is 1.67. The third-order valence-electron chi connectivity index (χ3n) is 2.58. The first kappa shape index (κ1) is 15.4. The summed E-state index contributed by atoms with van der Waals surface area (Å²) >= 11 is 0. The Morgan fingerprint density at radius 2 is 2.27 bits per heavy atom. The van der Waals surface area contributed by atoms with Crippen molar-refractivity contribution in [1.29, 1.82) is 5.26 Å². The molecule has 0 unspecified atom stereocenters. The van der Waals surface area contributed by atoms with Crippen molar-refractivity contribution in [1.82, 2.24) is 29.9 Å². The van der Waals surface area contributed by atoms with Crippen molar-refractivity contribution in [2.24, 2.45) is 7.05 Å². The number of urea groups is 1. The molecular weight excluding hydrogens is 298 g/mol. The van der Waals surface area contributed by atoms with Crippen LogP contribution in [0, 0.1) is 11.3 Å². The lowest BCUT2D eigenvalue weighted by Gasteiger charge is -2.07. The van der Waals surface area contributed by atoms with Crippen LogP contribution in [0.2, 0.25) is 0 Å². The highest BCUT2D eigenvalue weighted by molar-refractivity contribution is 5.89. The van der Waals surface area contributed by atoms with Gasteiger partial charge in [-0.1, -0.05) is 0 Å². The van der Waals surface area contributed by atoms with E-state index in [9.17, 15) is 13.6 Å². The van der Waals surface area contributed by atoms with Gasteiger partial charge in [0.2, 0.25) is 0 Å². The summed E-state index contributed by atoms with van der Waals surface area (Å²) in [5.74, 6) is 0.0291. The van der Waals surface area contributed by atoms with Gasteiger partial charge in [0.1, 0.15) is 12.4 Å². The number of nitrogens with zero attached hydrogens (tertiary/aromatic N) is 6. The molecule has 0 fully saturated rings. The summed E-state index contributed by atoms with van der Waals surface area (Å²) in [6.45, 7) is 0.473. The Kier molecular flexibility index (Phi) is 4.62. The van der Waals surface area contributed by atoms with Crippen molar-refractivity contribution in [2.75, 3.05) is 11.9 Å². The zero-order chi connectivity index (χ0) is 16.1. The number of aromatic nitrogens is 5. The maximum absolute atomic E-state index is 12.7. The number of rotatable bonds is 5. The molecule has 0 atom stereocenters. The van der Waals surface area contributed by atoms with Gasteiger partial charge in [-0.3, -0.25) is 4.68 Å². The quantitative estimate of drug-likeness (QED) is 0.841. The van der Waals surface area contributed by atoms with E-state index in [-0.39, 0.29) is 24.6 Å². The first-order valence-electron chi connectivity index (χ1n) is 6.15. The molecule has 0 aliphatic heterocycles. The van der Waals surface area contributed by atoms with Gasteiger partial charge in [-0.05, 0) is 0 Å². The third kappa shape index (κ3) is 3.75. The number of carbonyl (C=O) groups excluding carboxylic acids is 1. The summed E-state index contributed by atoms with van der Waals surface area (Å²) in [5.41, 5.74) is -0.546. The molecule has 11 heteroatoms. The number of alkyl halides is 2. The molecule has 2 heterocycles. The van der Waals surface area contributed by atoms with E-state index in [1.54, 1.807) is 6.07 Å². The van der Waals surface area contributed by atoms with Crippen molar-refractivity contribution in [3.05, 3.63) is 24.0 Å². The highest BCUT2D eigenvalue weighted by Gasteiger charge is 2.18. The maximum Gasteiger partial charge on any atom is 0.319 e. The van der Waals surface area contributed by atoms with Gasteiger partial charge in [0, 0.05) is 19.8 Å². The van der Waals surface area contributed by atoms with Crippen molar-refractivity contribution in [2.45, 2.75) is 13.0 Å². The van der Waals surface area contributed by atoms with E-state index in [0.717, 1.165) is 0 Å². The minimum absolute atomic E-state index is 0.0291. The first-order chi connectivity index (χ1) is 10.5. The van der Waals surface area contributed by atoms with E-state index in [0.29, 0.717) is 0 Å². The number of nitriles is 1. The number of halogens is 2. The molecule has 0 saturated carbocycles. The van der Waals surface area contributed by atoms with Gasteiger partial charge in [-0.25, -0.2) is 23.2 Å². The molecule has 0 aliphatic carbocycles. The predicted molar refractivity (Wildman–Crippen MR) is 69.9 cm³/mol. The molecule has 116 valence electrons. The van der Waals surface area contributed by atoms with Gasteiger partial charge in [-0.15, -0.1) is 5.10 Å². The monoisotopic (exact) mass is 310 g/mol. The van der Waals surface area contributed by atoms with E-state index in [2.05, 4.69) is 25.8 Å². The molecule has 9 nitrogen and oxygen atoms in total. The lowest BCUT2D eigenvalue weighted by Crippen LogP contribution is -2.31. The second kappa shape index (κ2) is 6.61. The number of nitrogens with one attached hydrogen (secondary N) is 2. The molecule has 0 aromatic carbocycles. The van der Waals surface area contributed by atoms with Gasteiger partial charge < -0.3 is 10.6 Å². The van der Waals surface area contributed by atoms with Crippen molar-refractivity contribution in [3.8, 4) is 6.07 Å². The fourth-order valence-corrected chi connectivity index (χ4v) is 1.67. The average molecular weight is 310 g/mol.